The number of hydrogen-bond acceptors (Lipinski definition) is 3. The van der Waals surface area contributed by atoms with Crippen molar-refractivity contribution in [3.63, 3.8) is 0 Å². The highest BCUT2D eigenvalue weighted by atomic mass is 16.5. The van der Waals surface area contributed by atoms with E-state index in [1.54, 1.807) is 0 Å². The van der Waals surface area contributed by atoms with Gasteiger partial charge in [-0.3, -0.25) is 4.79 Å². The lowest BCUT2D eigenvalue weighted by Crippen LogP contribution is -2.43. The summed E-state index contributed by atoms with van der Waals surface area (Å²) < 4.78 is 5.72. The first kappa shape index (κ1) is 16.0. The molecule has 116 valence electrons. The Bertz CT molecular complexity index is 420. The van der Waals surface area contributed by atoms with Gasteiger partial charge in [0.15, 0.2) is 0 Å². The highest BCUT2D eigenvalue weighted by Crippen LogP contribution is 2.17. The first-order valence-electron chi connectivity index (χ1n) is 7.93. The lowest BCUT2D eigenvalue weighted by molar-refractivity contribution is -0.120. The third kappa shape index (κ3) is 5.86. The number of hydrogen-bond donors (Lipinski definition) is 2. The van der Waals surface area contributed by atoms with E-state index >= 15 is 0 Å². The van der Waals surface area contributed by atoms with Crippen LogP contribution < -0.4 is 10.6 Å². The summed E-state index contributed by atoms with van der Waals surface area (Å²) in [7, 11) is 0. The largest absolute Gasteiger partial charge is 0.378 e. The summed E-state index contributed by atoms with van der Waals surface area (Å²) >= 11 is 0. The number of nitrogens with one attached hydrogen (secondary N) is 2. The van der Waals surface area contributed by atoms with Crippen LogP contribution in [0.4, 0.5) is 0 Å². The SMILES string of the molecule is CCCC1CC(NCC(=O)NCc2ccccc2)CCO1. The molecular weight excluding hydrogens is 264 g/mol. The molecule has 2 atom stereocenters. The van der Waals surface area contributed by atoms with Gasteiger partial charge in [-0.05, 0) is 24.8 Å². The maximum atomic E-state index is 11.9. The van der Waals surface area contributed by atoms with E-state index in [1.807, 2.05) is 30.3 Å². The third-order valence-corrected chi connectivity index (χ3v) is 3.86. The van der Waals surface area contributed by atoms with Crippen LogP contribution in [0, 0.1) is 0 Å². The minimum atomic E-state index is 0.0531. The first-order valence-corrected chi connectivity index (χ1v) is 7.93. The molecule has 0 radical (unpaired) electrons. The standard InChI is InChI=1S/C17H26N2O2/c1-2-6-16-11-15(9-10-21-16)18-13-17(20)19-12-14-7-4-3-5-8-14/h3-5,7-8,15-16,18H,2,6,9-13H2,1H3,(H,19,20). The molecule has 0 bridgehead atoms. The molecular formula is C17H26N2O2. The Morgan fingerprint density at radius 2 is 2.14 bits per heavy atom. The molecule has 1 aromatic rings. The Morgan fingerprint density at radius 1 is 1.33 bits per heavy atom. The zero-order valence-corrected chi connectivity index (χ0v) is 12.8. The van der Waals surface area contributed by atoms with E-state index in [1.165, 1.54) is 0 Å². The molecule has 0 aromatic heterocycles. The Hall–Kier alpha value is -1.39. The van der Waals surface area contributed by atoms with Gasteiger partial charge in [0.2, 0.25) is 5.91 Å². The minimum Gasteiger partial charge on any atom is -0.378 e. The van der Waals surface area contributed by atoms with Crippen molar-refractivity contribution in [2.45, 2.75) is 51.3 Å². The predicted molar refractivity (Wildman–Crippen MR) is 84.0 cm³/mol. The molecule has 2 rings (SSSR count). The van der Waals surface area contributed by atoms with Crippen molar-refractivity contribution in [2.24, 2.45) is 0 Å². The lowest BCUT2D eigenvalue weighted by atomic mass is 10.0. The van der Waals surface area contributed by atoms with Crippen LogP contribution >= 0.6 is 0 Å². The van der Waals surface area contributed by atoms with Crippen molar-refractivity contribution in [3.8, 4) is 0 Å². The highest BCUT2D eigenvalue weighted by molar-refractivity contribution is 5.78. The van der Waals surface area contributed by atoms with Gasteiger partial charge in [-0.25, -0.2) is 0 Å². The first-order chi connectivity index (χ1) is 10.3. The van der Waals surface area contributed by atoms with Crippen molar-refractivity contribution in [2.75, 3.05) is 13.2 Å². The van der Waals surface area contributed by atoms with Crippen LogP contribution in [-0.2, 0) is 16.1 Å². The number of rotatable bonds is 7. The molecule has 0 spiro atoms. The highest BCUT2D eigenvalue weighted by Gasteiger charge is 2.21. The van der Waals surface area contributed by atoms with E-state index in [0.29, 0.717) is 25.2 Å². The monoisotopic (exact) mass is 290 g/mol. The smallest absolute Gasteiger partial charge is 0.234 e. The van der Waals surface area contributed by atoms with Gasteiger partial charge in [0.05, 0.1) is 12.6 Å². The van der Waals surface area contributed by atoms with Crippen LogP contribution in [-0.4, -0.2) is 31.2 Å². The van der Waals surface area contributed by atoms with Gasteiger partial charge in [0.1, 0.15) is 0 Å². The summed E-state index contributed by atoms with van der Waals surface area (Å²) in [6.45, 7) is 3.95. The zero-order chi connectivity index (χ0) is 14.9. The maximum absolute atomic E-state index is 11.9. The molecule has 1 aliphatic heterocycles. The van der Waals surface area contributed by atoms with Crippen molar-refractivity contribution in [1.29, 1.82) is 0 Å². The number of benzene rings is 1. The van der Waals surface area contributed by atoms with Gasteiger partial charge in [-0.2, -0.15) is 0 Å². The molecule has 1 amide bonds. The number of carbonyl (C=O) groups is 1. The number of carbonyl (C=O) groups excluding carboxylic acids is 1. The summed E-state index contributed by atoms with van der Waals surface area (Å²) in [5.41, 5.74) is 1.12. The molecule has 4 nitrogen and oxygen atoms in total. The van der Waals surface area contributed by atoms with E-state index in [2.05, 4.69) is 17.6 Å². The van der Waals surface area contributed by atoms with Gasteiger partial charge in [0.25, 0.3) is 0 Å². The van der Waals surface area contributed by atoms with Crippen LogP contribution in [0.2, 0.25) is 0 Å². The van der Waals surface area contributed by atoms with Crippen molar-refractivity contribution < 1.29 is 9.53 Å². The van der Waals surface area contributed by atoms with E-state index in [-0.39, 0.29) is 5.91 Å². The molecule has 1 heterocycles. The second-order valence-corrected chi connectivity index (χ2v) is 5.65. The predicted octanol–water partition coefficient (Wildman–Crippen LogP) is 2.24. The van der Waals surface area contributed by atoms with Crippen LogP contribution in [0.3, 0.4) is 0 Å². The molecule has 1 aromatic carbocycles. The van der Waals surface area contributed by atoms with Gasteiger partial charge < -0.3 is 15.4 Å². The fourth-order valence-corrected chi connectivity index (χ4v) is 2.68. The molecule has 4 heteroatoms. The summed E-state index contributed by atoms with van der Waals surface area (Å²) in [5, 5.41) is 6.30. The van der Waals surface area contributed by atoms with Crippen molar-refractivity contribution in [3.05, 3.63) is 35.9 Å². The quantitative estimate of drug-likeness (QED) is 0.810. The average molecular weight is 290 g/mol. The van der Waals surface area contributed by atoms with E-state index in [4.69, 9.17) is 4.74 Å². The molecule has 0 aliphatic carbocycles. The van der Waals surface area contributed by atoms with E-state index < -0.39 is 0 Å². The Labute approximate surface area is 127 Å². The Morgan fingerprint density at radius 3 is 2.90 bits per heavy atom. The van der Waals surface area contributed by atoms with Gasteiger partial charge in [-0.1, -0.05) is 43.7 Å². The second-order valence-electron chi connectivity index (χ2n) is 5.65. The summed E-state index contributed by atoms with van der Waals surface area (Å²) in [6.07, 6.45) is 4.62. The molecule has 21 heavy (non-hydrogen) atoms. The maximum Gasteiger partial charge on any atom is 0.234 e. The van der Waals surface area contributed by atoms with Crippen LogP contribution in [0.25, 0.3) is 0 Å². The fraction of sp³-hybridized carbons (Fsp3) is 0.588. The molecule has 0 saturated carbocycles. The van der Waals surface area contributed by atoms with Gasteiger partial charge in [-0.15, -0.1) is 0 Å². The van der Waals surface area contributed by atoms with Crippen molar-refractivity contribution in [1.82, 2.24) is 10.6 Å². The van der Waals surface area contributed by atoms with Crippen LogP contribution in [0.1, 0.15) is 38.2 Å². The van der Waals surface area contributed by atoms with Crippen molar-refractivity contribution >= 4 is 5.91 Å². The lowest BCUT2D eigenvalue weighted by Gasteiger charge is -2.30. The second kappa shape index (κ2) is 8.80. The molecule has 1 fully saturated rings. The summed E-state index contributed by atoms with van der Waals surface area (Å²) in [4.78, 5) is 11.9. The number of ether oxygens (including phenoxy) is 1. The molecule has 1 saturated heterocycles. The third-order valence-electron chi connectivity index (χ3n) is 3.86. The summed E-state index contributed by atoms with van der Waals surface area (Å²) in [6, 6.07) is 10.4. The minimum absolute atomic E-state index is 0.0531. The van der Waals surface area contributed by atoms with Crippen LogP contribution in [0.15, 0.2) is 30.3 Å². The summed E-state index contributed by atoms with van der Waals surface area (Å²) in [5.74, 6) is 0.0531. The number of amides is 1. The topological polar surface area (TPSA) is 50.4 Å². The van der Waals surface area contributed by atoms with E-state index in [9.17, 15) is 4.79 Å². The molecule has 2 N–H and O–H groups in total. The zero-order valence-electron chi connectivity index (χ0n) is 12.8. The molecule has 1 aliphatic rings. The average Bonchev–Trinajstić information content (AvgIpc) is 2.53. The van der Waals surface area contributed by atoms with Gasteiger partial charge >= 0.3 is 0 Å². The van der Waals surface area contributed by atoms with Gasteiger partial charge in [0, 0.05) is 19.2 Å². The van der Waals surface area contributed by atoms with Crippen LogP contribution in [0.5, 0.6) is 0 Å². The van der Waals surface area contributed by atoms with E-state index in [0.717, 1.165) is 37.9 Å². The fourth-order valence-electron chi connectivity index (χ4n) is 2.68. The Kier molecular flexibility index (Phi) is 6.70. The normalized spacial score (nSPS) is 22.0. The Balaban J connectivity index is 1.64. The molecule has 2 unspecified atom stereocenters.